The highest BCUT2D eigenvalue weighted by atomic mass is 35.5. The number of methoxy groups -OCH3 is 1. The normalized spacial score (nSPS) is 10.9. The Hall–Kier alpha value is -3.75. The van der Waals surface area contributed by atoms with Crippen molar-refractivity contribution in [2.75, 3.05) is 7.11 Å². The fraction of sp³-hybridized carbons (Fsp3) is 0.0833. The molecular formula is C24H18ClNO4. The fourth-order valence-corrected chi connectivity index (χ4v) is 3.04. The predicted molar refractivity (Wildman–Crippen MR) is 116 cm³/mol. The Labute approximate surface area is 179 Å². The zero-order chi connectivity index (χ0) is 21.5. The molecule has 30 heavy (non-hydrogen) atoms. The SMILES string of the molecule is COc1cc(C=C(C#N)c2cccc(Cl)c2)ccc1OCc1cccc(C(=O)O)c1. The molecule has 0 fully saturated rings. The minimum atomic E-state index is -0.987. The van der Waals surface area contributed by atoms with E-state index in [1.165, 1.54) is 13.2 Å². The van der Waals surface area contributed by atoms with E-state index in [0.717, 1.165) is 16.7 Å². The third kappa shape index (κ3) is 5.19. The number of ether oxygens (including phenoxy) is 2. The highest BCUT2D eigenvalue weighted by Gasteiger charge is 2.09. The lowest BCUT2D eigenvalue weighted by Gasteiger charge is -2.12. The molecule has 0 unspecified atom stereocenters. The third-order valence-electron chi connectivity index (χ3n) is 4.32. The zero-order valence-corrected chi connectivity index (χ0v) is 16.9. The molecule has 0 saturated heterocycles. The highest BCUT2D eigenvalue weighted by molar-refractivity contribution is 6.30. The summed E-state index contributed by atoms with van der Waals surface area (Å²) in [6.07, 6.45) is 1.74. The summed E-state index contributed by atoms with van der Waals surface area (Å²) in [7, 11) is 1.53. The number of hydrogen-bond donors (Lipinski definition) is 1. The topological polar surface area (TPSA) is 79.5 Å². The number of rotatable bonds is 7. The first-order valence-corrected chi connectivity index (χ1v) is 9.39. The number of halogens is 1. The van der Waals surface area contributed by atoms with Gasteiger partial charge >= 0.3 is 5.97 Å². The molecule has 0 saturated carbocycles. The van der Waals surface area contributed by atoms with E-state index >= 15 is 0 Å². The van der Waals surface area contributed by atoms with Crippen LogP contribution in [0.3, 0.4) is 0 Å². The summed E-state index contributed by atoms with van der Waals surface area (Å²) >= 11 is 6.02. The van der Waals surface area contributed by atoms with Crippen molar-refractivity contribution in [2.24, 2.45) is 0 Å². The molecule has 3 aromatic rings. The minimum Gasteiger partial charge on any atom is -0.493 e. The predicted octanol–water partition coefficient (Wildman–Crippen LogP) is 5.69. The van der Waals surface area contributed by atoms with E-state index in [4.69, 9.17) is 26.2 Å². The number of nitriles is 1. The second kappa shape index (κ2) is 9.64. The zero-order valence-electron chi connectivity index (χ0n) is 16.1. The van der Waals surface area contributed by atoms with Crippen molar-refractivity contribution in [3.8, 4) is 17.6 Å². The second-order valence-electron chi connectivity index (χ2n) is 6.38. The number of hydrogen-bond acceptors (Lipinski definition) is 4. The van der Waals surface area contributed by atoms with Crippen LogP contribution < -0.4 is 9.47 Å². The average Bonchev–Trinajstić information content (AvgIpc) is 2.76. The lowest BCUT2D eigenvalue weighted by Crippen LogP contribution is -2.01. The Bertz CT molecular complexity index is 1150. The van der Waals surface area contributed by atoms with Gasteiger partial charge in [0.25, 0.3) is 0 Å². The molecule has 3 rings (SSSR count). The Morgan fingerprint density at radius 2 is 1.83 bits per heavy atom. The van der Waals surface area contributed by atoms with Crippen LogP contribution >= 0.6 is 11.6 Å². The highest BCUT2D eigenvalue weighted by Crippen LogP contribution is 2.31. The van der Waals surface area contributed by atoms with Crippen molar-refractivity contribution in [3.63, 3.8) is 0 Å². The molecule has 0 amide bonds. The van der Waals surface area contributed by atoms with E-state index in [1.54, 1.807) is 54.6 Å². The lowest BCUT2D eigenvalue weighted by atomic mass is 10.0. The summed E-state index contributed by atoms with van der Waals surface area (Å²) in [5.41, 5.74) is 2.90. The van der Waals surface area contributed by atoms with Gasteiger partial charge in [0.05, 0.1) is 24.3 Å². The molecule has 1 N–H and O–H groups in total. The summed E-state index contributed by atoms with van der Waals surface area (Å²) < 4.78 is 11.2. The van der Waals surface area contributed by atoms with Crippen molar-refractivity contribution in [1.82, 2.24) is 0 Å². The maximum atomic E-state index is 11.1. The molecule has 0 aliphatic heterocycles. The molecule has 150 valence electrons. The van der Waals surface area contributed by atoms with Gasteiger partial charge in [-0.05, 0) is 59.2 Å². The molecule has 0 spiro atoms. The molecule has 3 aromatic carbocycles. The van der Waals surface area contributed by atoms with Crippen LogP contribution in [-0.2, 0) is 6.61 Å². The van der Waals surface area contributed by atoms with Crippen molar-refractivity contribution in [1.29, 1.82) is 5.26 Å². The summed E-state index contributed by atoms with van der Waals surface area (Å²) in [5.74, 6) is 0.0248. The van der Waals surface area contributed by atoms with E-state index in [-0.39, 0.29) is 12.2 Å². The molecule has 5 nitrogen and oxygen atoms in total. The summed E-state index contributed by atoms with van der Waals surface area (Å²) in [4.78, 5) is 11.1. The molecule has 0 aromatic heterocycles. The Morgan fingerprint density at radius 1 is 1.07 bits per heavy atom. The van der Waals surface area contributed by atoms with Crippen molar-refractivity contribution < 1.29 is 19.4 Å². The average molecular weight is 420 g/mol. The number of nitrogens with zero attached hydrogens (tertiary/aromatic N) is 1. The second-order valence-corrected chi connectivity index (χ2v) is 6.82. The molecule has 0 aliphatic rings. The van der Waals surface area contributed by atoms with Gasteiger partial charge < -0.3 is 14.6 Å². The van der Waals surface area contributed by atoms with Crippen LogP contribution in [0, 0.1) is 11.3 Å². The Kier molecular flexibility index (Phi) is 6.74. The monoisotopic (exact) mass is 419 g/mol. The number of carboxylic acids is 1. The van der Waals surface area contributed by atoms with Gasteiger partial charge in [-0.3, -0.25) is 0 Å². The minimum absolute atomic E-state index is 0.193. The van der Waals surface area contributed by atoms with Crippen LogP contribution in [0.2, 0.25) is 5.02 Å². The maximum absolute atomic E-state index is 11.1. The van der Waals surface area contributed by atoms with E-state index < -0.39 is 5.97 Å². The van der Waals surface area contributed by atoms with E-state index in [0.29, 0.717) is 22.1 Å². The van der Waals surface area contributed by atoms with Gasteiger partial charge in [0, 0.05) is 5.02 Å². The number of allylic oxidation sites excluding steroid dienone is 1. The van der Waals surface area contributed by atoms with Crippen LogP contribution in [0.15, 0.2) is 66.7 Å². The first kappa shape index (κ1) is 21.0. The van der Waals surface area contributed by atoms with Crippen LogP contribution in [0.5, 0.6) is 11.5 Å². The first-order valence-electron chi connectivity index (χ1n) is 9.01. The van der Waals surface area contributed by atoms with Crippen molar-refractivity contribution in [2.45, 2.75) is 6.61 Å². The smallest absolute Gasteiger partial charge is 0.335 e. The molecule has 0 aliphatic carbocycles. The molecular weight excluding hydrogens is 402 g/mol. The molecule has 6 heteroatoms. The van der Waals surface area contributed by atoms with Crippen LogP contribution in [-0.4, -0.2) is 18.2 Å². The van der Waals surface area contributed by atoms with E-state index in [9.17, 15) is 10.1 Å². The summed E-state index contributed by atoms with van der Waals surface area (Å²) in [5, 5.41) is 19.2. The van der Waals surface area contributed by atoms with Crippen LogP contribution in [0.4, 0.5) is 0 Å². The van der Waals surface area contributed by atoms with Gasteiger partial charge in [-0.15, -0.1) is 0 Å². The van der Waals surface area contributed by atoms with Crippen molar-refractivity contribution >= 4 is 29.2 Å². The summed E-state index contributed by atoms with van der Waals surface area (Å²) in [6.45, 7) is 0.193. The van der Waals surface area contributed by atoms with Gasteiger partial charge in [0.2, 0.25) is 0 Å². The van der Waals surface area contributed by atoms with Crippen LogP contribution in [0.1, 0.15) is 27.0 Å². The standard InChI is InChI=1S/C24H18ClNO4/c1-29-23-12-16(10-20(14-26)18-5-3-7-21(25)13-18)8-9-22(23)30-15-17-4-2-6-19(11-17)24(27)28/h2-13H,15H2,1H3,(H,27,28). The fourth-order valence-electron chi connectivity index (χ4n) is 2.85. The first-order chi connectivity index (χ1) is 14.5. The Balaban J connectivity index is 1.82. The molecule has 0 bridgehead atoms. The Morgan fingerprint density at radius 3 is 2.53 bits per heavy atom. The lowest BCUT2D eigenvalue weighted by molar-refractivity contribution is 0.0696. The molecule has 0 atom stereocenters. The quantitative estimate of drug-likeness (QED) is 0.393. The number of aromatic carboxylic acids is 1. The van der Waals surface area contributed by atoms with Gasteiger partial charge in [0.15, 0.2) is 11.5 Å². The third-order valence-corrected chi connectivity index (χ3v) is 4.56. The largest absolute Gasteiger partial charge is 0.493 e. The van der Waals surface area contributed by atoms with Gasteiger partial charge in [-0.1, -0.05) is 41.9 Å². The van der Waals surface area contributed by atoms with E-state index in [2.05, 4.69) is 6.07 Å². The van der Waals surface area contributed by atoms with Gasteiger partial charge in [-0.25, -0.2) is 4.79 Å². The number of carbonyl (C=O) groups is 1. The maximum Gasteiger partial charge on any atom is 0.335 e. The number of benzene rings is 3. The van der Waals surface area contributed by atoms with Crippen LogP contribution in [0.25, 0.3) is 11.6 Å². The van der Waals surface area contributed by atoms with Gasteiger partial charge in [0.1, 0.15) is 6.61 Å². The molecule has 0 heterocycles. The summed E-state index contributed by atoms with van der Waals surface area (Å²) in [6, 6.07) is 21.2. The van der Waals surface area contributed by atoms with Crippen molar-refractivity contribution in [3.05, 3.63) is 94.0 Å². The van der Waals surface area contributed by atoms with E-state index in [1.807, 2.05) is 12.1 Å². The van der Waals surface area contributed by atoms with Gasteiger partial charge in [-0.2, -0.15) is 5.26 Å². The number of carboxylic acid groups (broad SMARTS) is 1. The molecule has 0 radical (unpaired) electrons.